The molecule has 9 nitrogen and oxygen atoms in total. The normalized spacial score (nSPS) is 19.5. The molecule has 1 aliphatic heterocycles. The van der Waals surface area contributed by atoms with Gasteiger partial charge in [0, 0.05) is 31.1 Å². The largest absolute Gasteiger partial charge is 0.362 e. The standard InChI is InChI=1S/C27H34FN5O.C2H5NO.CH3N/c1-5-18(15-29-6-2)21-11-12-22-25(23(21)28)32-26(31-22)24(19-9-7-16(3)8-10-19)33-27(34)20-13-14-30-17(20)4;1-3-2-4;1-2/h5,11-13,15-16,19,24H,6-10,14H2,1-4H3,(H,31,32)(H,33,34);2H,1H3,(H,3,4);2H,1H2/b18-5-,29-15?;;. The number of nitrogens with one attached hydrogen (secondary N) is 4. The molecule has 4 N–H and O–H groups in total. The van der Waals surface area contributed by atoms with Crippen molar-refractivity contribution in [3.8, 4) is 0 Å². The number of hydrogen-bond acceptors (Lipinski definition) is 6. The quantitative estimate of drug-likeness (QED) is 0.265. The van der Waals surface area contributed by atoms with Gasteiger partial charge in [-0.15, -0.1) is 0 Å². The number of hydrogen-bond donors (Lipinski definition) is 4. The Morgan fingerprint density at radius 3 is 2.52 bits per heavy atom. The van der Waals surface area contributed by atoms with E-state index in [-0.39, 0.29) is 29.2 Å². The highest BCUT2D eigenvalue weighted by Crippen LogP contribution is 2.37. The van der Waals surface area contributed by atoms with E-state index < -0.39 is 0 Å². The Hall–Kier alpha value is -3.95. The number of carbonyl (C=O) groups excluding carboxylic acids is 2. The van der Waals surface area contributed by atoms with E-state index in [1.165, 1.54) is 0 Å². The summed E-state index contributed by atoms with van der Waals surface area (Å²) in [7, 11) is 1.56. The van der Waals surface area contributed by atoms with Gasteiger partial charge in [0.15, 0.2) is 5.82 Å². The summed E-state index contributed by atoms with van der Waals surface area (Å²) in [6.45, 7) is 11.6. The summed E-state index contributed by atoms with van der Waals surface area (Å²) in [5, 5.41) is 11.0. The van der Waals surface area contributed by atoms with Crippen molar-refractivity contribution in [3.63, 3.8) is 0 Å². The Morgan fingerprint density at radius 1 is 1.30 bits per heavy atom. The first-order chi connectivity index (χ1) is 19.3. The zero-order chi connectivity index (χ0) is 29.7. The van der Waals surface area contributed by atoms with Crippen molar-refractivity contribution in [3.05, 3.63) is 47.1 Å². The minimum atomic E-state index is -0.375. The zero-order valence-corrected chi connectivity index (χ0v) is 24.2. The lowest BCUT2D eigenvalue weighted by Gasteiger charge is -2.32. The van der Waals surface area contributed by atoms with Crippen molar-refractivity contribution in [2.24, 2.45) is 21.8 Å². The summed E-state index contributed by atoms with van der Waals surface area (Å²) < 4.78 is 15.6. The molecule has 0 saturated heterocycles. The Morgan fingerprint density at radius 2 is 1.98 bits per heavy atom. The maximum Gasteiger partial charge on any atom is 0.253 e. The molecule has 0 bridgehead atoms. The number of aromatic amines is 1. The second-order valence-electron chi connectivity index (χ2n) is 9.74. The van der Waals surface area contributed by atoms with Crippen molar-refractivity contribution >= 4 is 47.6 Å². The number of fused-ring (bicyclic) bond motifs is 1. The highest BCUT2D eigenvalue weighted by atomic mass is 19.1. The third-order valence-electron chi connectivity index (χ3n) is 7.14. The van der Waals surface area contributed by atoms with Gasteiger partial charge in [-0.05, 0) is 75.9 Å². The smallest absolute Gasteiger partial charge is 0.253 e. The Balaban J connectivity index is 0.000000858. The van der Waals surface area contributed by atoms with Crippen LogP contribution in [0, 0.1) is 23.1 Å². The van der Waals surface area contributed by atoms with Gasteiger partial charge in [-0.1, -0.05) is 25.8 Å². The van der Waals surface area contributed by atoms with Crippen molar-refractivity contribution in [2.45, 2.75) is 59.4 Å². The second-order valence-corrected chi connectivity index (χ2v) is 9.74. The van der Waals surface area contributed by atoms with Crippen LogP contribution < -0.4 is 10.6 Å². The van der Waals surface area contributed by atoms with E-state index >= 15 is 4.39 Å². The van der Waals surface area contributed by atoms with Crippen LogP contribution >= 0.6 is 0 Å². The average molecular weight is 552 g/mol. The van der Waals surface area contributed by atoms with Crippen LogP contribution in [-0.4, -0.2) is 61.1 Å². The number of H-pyrrole nitrogens is 1. The van der Waals surface area contributed by atoms with Crippen LogP contribution in [0.3, 0.4) is 0 Å². The van der Waals surface area contributed by atoms with E-state index in [9.17, 15) is 4.79 Å². The highest BCUT2D eigenvalue weighted by molar-refractivity contribution is 6.21. The number of amides is 2. The van der Waals surface area contributed by atoms with E-state index in [0.717, 1.165) is 37.0 Å². The fourth-order valence-corrected chi connectivity index (χ4v) is 4.93. The highest BCUT2D eigenvalue weighted by Gasteiger charge is 2.32. The lowest BCUT2D eigenvalue weighted by molar-refractivity contribution is -0.118. The number of aromatic nitrogens is 2. The maximum absolute atomic E-state index is 15.6. The first-order valence-corrected chi connectivity index (χ1v) is 13.7. The fourth-order valence-electron chi connectivity index (χ4n) is 4.93. The van der Waals surface area contributed by atoms with Gasteiger partial charge in [0.1, 0.15) is 11.3 Å². The summed E-state index contributed by atoms with van der Waals surface area (Å²) in [6, 6.07) is 3.30. The van der Waals surface area contributed by atoms with Crippen LogP contribution in [0.5, 0.6) is 0 Å². The van der Waals surface area contributed by atoms with E-state index in [2.05, 4.69) is 39.2 Å². The summed E-state index contributed by atoms with van der Waals surface area (Å²) in [5.74, 6) is 1.01. The molecule has 1 aromatic carbocycles. The van der Waals surface area contributed by atoms with E-state index in [1.54, 1.807) is 19.3 Å². The summed E-state index contributed by atoms with van der Waals surface area (Å²) in [4.78, 5) is 38.8. The molecule has 10 heteroatoms. The lowest BCUT2D eigenvalue weighted by atomic mass is 9.79. The van der Waals surface area contributed by atoms with Gasteiger partial charge in [0.2, 0.25) is 6.41 Å². The van der Waals surface area contributed by atoms with E-state index in [1.807, 2.05) is 39.0 Å². The van der Waals surface area contributed by atoms with Crippen LogP contribution in [0.25, 0.3) is 16.6 Å². The number of halogens is 1. The lowest BCUT2D eigenvalue weighted by Crippen LogP contribution is -2.37. The summed E-state index contributed by atoms with van der Waals surface area (Å²) in [5.41, 5.74) is 3.48. The van der Waals surface area contributed by atoms with Crippen LogP contribution in [0.15, 0.2) is 39.8 Å². The van der Waals surface area contributed by atoms with Gasteiger partial charge in [0.25, 0.3) is 5.91 Å². The molecule has 2 aliphatic rings. The molecule has 40 heavy (non-hydrogen) atoms. The van der Waals surface area contributed by atoms with Crippen molar-refractivity contribution in [2.75, 3.05) is 20.1 Å². The molecule has 1 aromatic heterocycles. The fraction of sp³-hybridized carbons (Fsp3) is 0.467. The van der Waals surface area contributed by atoms with Crippen molar-refractivity contribution < 1.29 is 14.0 Å². The minimum Gasteiger partial charge on any atom is -0.362 e. The molecule has 4 rings (SSSR count). The SMILES string of the molecule is C/C=C(/C=NCC)c1ccc2[nH]c(C(NC(=O)C3=CCN=C3C)C3CCC(C)CC3)nc2c1F.C=N.CNC=O. The molecule has 1 aliphatic carbocycles. The van der Waals surface area contributed by atoms with Gasteiger partial charge >= 0.3 is 0 Å². The zero-order valence-electron chi connectivity index (χ0n) is 24.2. The maximum atomic E-state index is 15.6. The molecule has 0 radical (unpaired) electrons. The molecule has 1 unspecified atom stereocenters. The van der Waals surface area contributed by atoms with Gasteiger partial charge in [0.05, 0.1) is 23.7 Å². The average Bonchev–Trinajstić information content (AvgIpc) is 3.61. The summed E-state index contributed by atoms with van der Waals surface area (Å²) >= 11 is 0. The number of rotatable bonds is 8. The third-order valence-corrected chi connectivity index (χ3v) is 7.14. The predicted octanol–water partition coefficient (Wildman–Crippen LogP) is 5.21. The molecular formula is C30H42FN7O2. The molecule has 2 aromatic rings. The van der Waals surface area contributed by atoms with Gasteiger partial charge in [-0.2, -0.15) is 0 Å². The predicted molar refractivity (Wildman–Crippen MR) is 162 cm³/mol. The number of imidazole rings is 1. The van der Waals surface area contributed by atoms with Gasteiger partial charge < -0.3 is 21.0 Å². The monoisotopic (exact) mass is 551 g/mol. The number of carbonyl (C=O) groups is 2. The summed E-state index contributed by atoms with van der Waals surface area (Å²) in [6.07, 6.45) is 10.2. The van der Waals surface area contributed by atoms with Crippen LogP contribution in [-0.2, 0) is 9.59 Å². The topological polar surface area (TPSA) is 135 Å². The second kappa shape index (κ2) is 16.2. The molecule has 0 spiro atoms. The Kier molecular flexibility index (Phi) is 13.1. The van der Waals surface area contributed by atoms with Gasteiger partial charge in [-0.3, -0.25) is 19.6 Å². The number of allylic oxidation sites excluding steroid dienone is 2. The first-order valence-electron chi connectivity index (χ1n) is 13.7. The van der Waals surface area contributed by atoms with Crippen LogP contribution in [0.1, 0.15) is 70.8 Å². The molecular weight excluding hydrogens is 509 g/mol. The van der Waals surface area contributed by atoms with E-state index in [0.29, 0.717) is 47.9 Å². The number of aliphatic imine (C=N–C) groups is 2. The van der Waals surface area contributed by atoms with Crippen LogP contribution in [0.4, 0.5) is 4.39 Å². The minimum absolute atomic E-state index is 0.143. The van der Waals surface area contributed by atoms with Gasteiger partial charge in [-0.25, -0.2) is 9.37 Å². The number of benzene rings is 1. The number of nitrogens with zero attached hydrogens (tertiary/aromatic N) is 3. The third kappa shape index (κ3) is 8.03. The van der Waals surface area contributed by atoms with Crippen LogP contribution in [0.2, 0.25) is 0 Å². The molecule has 216 valence electrons. The van der Waals surface area contributed by atoms with Crippen molar-refractivity contribution in [1.29, 1.82) is 5.41 Å². The molecule has 1 fully saturated rings. The first kappa shape index (κ1) is 32.3. The Labute approximate surface area is 236 Å². The molecule has 2 amide bonds. The molecule has 1 saturated carbocycles. The van der Waals surface area contributed by atoms with Crippen molar-refractivity contribution in [1.82, 2.24) is 20.6 Å². The van der Waals surface area contributed by atoms with E-state index in [4.69, 9.17) is 15.2 Å². The molecule has 1 atom stereocenters. The Bertz CT molecular complexity index is 1270. The molecule has 2 heterocycles.